The smallest absolute Gasteiger partial charge is 0.230 e. The van der Waals surface area contributed by atoms with Crippen molar-refractivity contribution in [3.05, 3.63) is 60.7 Å². The van der Waals surface area contributed by atoms with Gasteiger partial charge in [0.2, 0.25) is 5.91 Å². The van der Waals surface area contributed by atoms with Crippen LogP contribution in [0.1, 0.15) is 0 Å². The molecule has 2 aromatic carbocycles. The first-order valence-corrected chi connectivity index (χ1v) is 7.45. The Bertz CT molecular complexity index is 517. The minimum atomic E-state index is 0.0236. The molecule has 0 unspecified atom stereocenters. The van der Waals surface area contributed by atoms with Crippen LogP contribution < -0.4 is 10.1 Å². The zero-order valence-electron chi connectivity index (χ0n) is 11.1. The summed E-state index contributed by atoms with van der Waals surface area (Å²) in [6, 6.07) is 19.5. The van der Waals surface area contributed by atoms with Gasteiger partial charge < -0.3 is 10.1 Å². The van der Waals surface area contributed by atoms with Gasteiger partial charge in [-0.25, -0.2) is 0 Å². The van der Waals surface area contributed by atoms with Gasteiger partial charge in [-0.1, -0.05) is 36.4 Å². The van der Waals surface area contributed by atoms with Gasteiger partial charge >= 0.3 is 0 Å². The molecule has 1 amide bonds. The Morgan fingerprint density at radius 2 is 1.65 bits per heavy atom. The van der Waals surface area contributed by atoms with Gasteiger partial charge in [0.05, 0.1) is 12.3 Å². The maximum atomic E-state index is 11.6. The SMILES string of the molecule is O=C(CSc1ccccc1)NCCOc1ccccc1. The van der Waals surface area contributed by atoms with E-state index in [0.29, 0.717) is 18.9 Å². The fourth-order valence-electron chi connectivity index (χ4n) is 1.59. The number of thioether (sulfide) groups is 1. The van der Waals surface area contributed by atoms with E-state index in [9.17, 15) is 4.79 Å². The van der Waals surface area contributed by atoms with E-state index in [1.165, 1.54) is 11.8 Å². The number of hydrogen-bond acceptors (Lipinski definition) is 3. The van der Waals surface area contributed by atoms with Crippen molar-refractivity contribution in [2.75, 3.05) is 18.9 Å². The molecule has 0 radical (unpaired) electrons. The molecule has 0 aliphatic carbocycles. The standard InChI is InChI=1S/C16H17NO2S/c18-16(13-20-15-9-5-2-6-10-15)17-11-12-19-14-7-3-1-4-8-14/h1-10H,11-13H2,(H,17,18). The molecule has 3 nitrogen and oxygen atoms in total. The molecule has 0 heterocycles. The van der Waals surface area contributed by atoms with Crippen molar-refractivity contribution >= 4 is 17.7 Å². The third-order valence-corrected chi connectivity index (χ3v) is 3.56. The van der Waals surface area contributed by atoms with Gasteiger partial charge in [-0.15, -0.1) is 11.8 Å². The Kier molecular flexibility index (Phi) is 5.99. The molecule has 2 rings (SSSR count). The lowest BCUT2D eigenvalue weighted by Crippen LogP contribution is -2.29. The molecule has 2 aromatic rings. The van der Waals surface area contributed by atoms with Gasteiger partial charge in [0.15, 0.2) is 0 Å². The Hall–Kier alpha value is -1.94. The molecule has 0 saturated heterocycles. The van der Waals surface area contributed by atoms with Crippen molar-refractivity contribution < 1.29 is 9.53 Å². The third kappa shape index (κ3) is 5.36. The van der Waals surface area contributed by atoms with Crippen molar-refractivity contribution in [2.24, 2.45) is 0 Å². The van der Waals surface area contributed by atoms with E-state index in [1.807, 2.05) is 60.7 Å². The van der Waals surface area contributed by atoms with E-state index in [-0.39, 0.29) is 5.91 Å². The van der Waals surface area contributed by atoms with Crippen LogP contribution >= 0.6 is 11.8 Å². The van der Waals surface area contributed by atoms with E-state index < -0.39 is 0 Å². The summed E-state index contributed by atoms with van der Waals surface area (Å²) in [4.78, 5) is 12.7. The molecule has 0 aliphatic rings. The molecule has 0 bridgehead atoms. The van der Waals surface area contributed by atoms with E-state index in [2.05, 4.69) is 5.32 Å². The Balaban J connectivity index is 1.59. The van der Waals surface area contributed by atoms with Crippen LogP contribution in [0.4, 0.5) is 0 Å². The molecule has 20 heavy (non-hydrogen) atoms. The van der Waals surface area contributed by atoms with E-state index in [4.69, 9.17) is 4.74 Å². The van der Waals surface area contributed by atoms with Gasteiger partial charge in [0, 0.05) is 4.90 Å². The second kappa shape index (κ2) is 8.27. The topological polar surface area (TPSA) is 38.3 Å². The predicted molar refractivity (Wildman–Crippen MR) is 82.1 cm³/mol. The molecule has 1 N–H and O–H groups in total. The summed E-state index contributed by atoms with van der Waals surface area (Å²) < 4.78 is 5.50. The Morgan fingerprint density at radius 1 is 1.00 bits per heavy atom. The zero-order chi connectivity index (χ0) is 14.0. The number of benzene rings is 2. The van der Waals surface area contributed by atoms with Crippen LogP contribution in [0.15, 0.2) is 65.6 Å². The molecule has 0 aromatic heterocycles. The second-order valence-corrected chi connectivity index (χ2v) is 5.16. The highest BCUT2D eigenvalue weighted by Gasteiger charge is 2.02. The van der Waals surface area contributed by atoms with Crippen LogP contribution in [0.3, 0.4) is 0 Å². The average Bonchev–Trinajstić information content (AvgIpc) is 2.52. The summed E-state index contributed by atoms with van der Waals surface area (Å²) in [7, 11) is 0. The van der Waals surface area contributed by atoms with Crippen LogP contribution in [-0.4, -0.2) is 24.8 Å². The van der Waals surface area contributed by atoms with Crippen molar-refractivity contribution in [1.82, 2.24) is 5.32 Å². The van der Waals surface area contributed by atoms with Crippen LogP contribution in [0, 0.1) is 0 Å². The first-order chi connectivity index (χ1) is 9.84. The van der Waals surface area contributed by atoms with Gasteiger partial charge in [-0.05, 0) is 24.3 Å². The maximum Gasteiger partial charge on any atom is 0.230 e. The molecular weight excluding hydrogens is 270 g/mol. The average molecular weight is 287 g/mol. The van der Waals surface area contributed by atoms with Crippen molar-refractivity contribution in [1.29, 1.82) is 0 Å². The normalized spacial score (nSPS) is 10.0. The number of nitrogens with one attached hydrogen (secondary N) is 1. The van der Waals surface area contributed by atoms with Crippen LogP contribution in [0.2, 0.25) is 0 Å². The number of rotatable bonds is 7. The lowest BCUT2D eigenvalue weighted by Gasteiger charge is -2.07. The molecule has 0 atom stereocenters. The van der Waals surface area contributed by atoms with E-state index >= 15 is 0 Å². The lowest BCUT2D eigenvalue weighted by atomic mass is 10.3. The summed E-state index contributed by atoms with van der Waals surface area (Å²) in [6.07, 6.45) is 0. The number of carbonyl (C=O) groups is 1. The second-order valence-electron chi connectivity index (χ2n) is 4.11. The van der Waals surface area contributed by atoms with Crippen LogP contribution in [-0.2, 0) is 4.79 Å². The molecule has 0 aliphatic heterocycles. The number of para-hydroxylation sites is 1. The van der Waals surface area contributed by atoms with Gasteiger partial charge in [-0.3, -0.25) is 4.79 Å². The molecule has 0 saturated carbocycles. The minimum Gasteiger partial charge on any atom is -0.492 e. The van der Waals surface area contributed by atoms with E-state index in [0.717, 1.165) is 10.6 Å². The minimum absolute atomic E-state index is 0.0236. The maximum absolute atomic E-state index is 11.6. The third-order valence-electron chi connectivity index (χ3n) is 2.55. The molecule has 104 valence electrons. The highest BCUT2D eigenvalue weighted by Crippen LogP contribution is 2.16. The van der Waals surface area contributed by atoms with Gasteiger partial charge in [-0.2, -0.15) is 0 Å². The quantitative estimate of drug-likeness (QED) is 0.628. The Morgan fingerprint density at radius 3 is 2.35 bits per heavy atom. The highest BCUT2D eigenvalue weighted by atomic mass is 32.2. The van der Waals surface area contributed by atoms with Crippen LogP contribution in [0.25, 0.3) is 0 Å². The highest BCUT2D eigenvalue weighted by molar-refractivity contribution is 8.00. The number of carbonyl (C=O) groups excluding carboxylic acids is 1. The van der Waals surface area contributed by atoms with Gasteiger partial charge in [0.1, 0.15) is 12.4 Å². The Labute approximate surface area is 123 Å². The molecule has 0 spiro atoms. The summed E-state index contributed by atoms with van der Waals surface area (Å²) >= 11 is 1.53. The number of amides is 1. The fourth-order valence-corrected chi connectivity index (χ4v) is 2.34. The first-order valence-electron chi connectivity index (χ1n) is 6.47. The number of ether oxygens (including phenoxy) is 1. The fraction of sp³-hybridized carbons (Fsp3) is 0.188. The van der Waals surface area contributed by atoms with E-state index in [1.54, 1.807) is 0 Å². The summed E-state index contributed by atoms with van der Waals surface area (Å²) in [5.74, 6) is 1.27. The van der Waals surface area contributed by atoms with Crippen molar-refractivity contribution in [3.63, 3.8) is 0 Å². The van der Waals surface area contributed by atoms with Gasteiger partial charge in [0.25, 0.3) is 0 Å². The number of hydrogen-bond donors (Lipinski definition) is 1. The molecule has 4 heteroatoms. The van der Waals surface area contributed by atoms with Crippen molar-refractivity contribution in [2.45, 2.75) is 4.90 Å². The van der Waals surface area contributed by atoms with Crippen molar-refractivity contribution in [3.8, 4) is 5.75 Å². The first kappa shape index (κ1) is 14.5. The van der Waals surface area contributed by atoms with Crippen LogP contribution in [0.5, 0.6) is 5.75 Å². The summed E-state index contributed by atoms with van der Waals surface area (Å²) in [6.45, 7) is 0.995. The summed E-state index contributed by atoms with van der Waals surface area (Å²) in [5.41, 5.74) is 0. The molecule has 0 fully saturated rings. The molecular formula is C16H17NO2S. The predicted octanol–water partition coefficient (Wildman–Crippen LogP) is 2.97. The lowest BCUT2D eigenvalue weighted by molar-refractivity contribution is -0.118. The zero-order valence-corrected chi connectivity index (χ0v) is 11.9. The largest absolute Gasteiger partial charge is 0.492 e. The summed E-state index contributed by atoms with van der Waals surface area (Å²) in [5, 5.41) is 2.84. The monoisotopic (exact) mass is 287 g/mol.